The van der Waals surface area contributed by atoms with Gasteiger partial charge < -0.3 is 5.73 Å². The fourth-order valence-electron chi connectivity index (χ4n) is 0.971. The van der Waals surface area contributed by atoms with Crippen LogP contribution in [-0.2, 0) is 0 Å². The first kappa shape index (κ1) is 12.7. The number of halogens is 4. The Balaban J connectivity index is 4.26. The third-order valence-electron chi connectivity index (χ3n) is 2.16. The van der Waals surface area contributed by atoms with E-state index in [4.69, 9.17) is 5.73 Å². The molecule has 0 spiro atoms. The van der Waals surface area contributed by atoms with E-state index in [0.717, 1.165) is 0 Å². The zero-order chi connectivity index (χ0) is 10.6. The maximum absolute atomic E-state index is 12.1. The van der Waals surface area contributed by atoms with Gasteiger partial charge in [-0.2, -0.15) is 0 Å². The maximum Gasteiger partial charge on any atom is 0.246 e. The van der Waals surface area contributed by atoms with Crippen LogP contribution in [0.15, 0.2) is 0 Å². The molecule has 0 heterocycles. The molecule has 80 valence electrons. The highest BCUT2D eigenvalue weighted by Gasteiger charge is 2.34. The van der Waals surface area contributed by atoms with Crippen molar-refractivity contribution in [2.75, 3.05) is 0 Å². The molecule has 0 aromatic carbocycles. The Morgan fingerprint density at radius 2 is 1.54 bits per heavy atom. The molecule has 0 aliphatic rings. The van der Waals surface area contributed by atoms with E-state index < -0.39 is 24.3 Å². The Morgan fingerprint density at radius 1 is 1.15 bits per heavy atom. The summed E-state index contributed by atoms with van der Waals surface area (Å²) < 4.78 is 48.3. The van der Waals surface area contributed by atoms with Gasteiger partial charge >= 0.3 is 0 Å². The number of hydrogen-bond acceptors (Lipinski definition) is 1. The van der Waals surface area contributed by atoms with E-state index in [2.05, 4.69) is 0 Å². The van der Waals surface area contributed by atoms with Crippen molar-refractivity contribution >= 4 is 0 Å². The first-order valence-electron chi connectivity index (χ1n) is 4.15. The maximum atomic E-state index is 12.1. The second-order valence-electron chi connectivity index (χ2n) is 3.54. The number of nitrogens with two attached hydrogens (primary N) is 1. The van der Waals surface area contributed by atoms with Gasteiger partial charge in [0.15, 0.2) is 0 Å². The molecule has 0 radical (unpaired) electrons. The van der Waals surface area contributed by atoms with Gasteiger partial charge in [-0.3, -0.25) is 0 Å². The molecule has 0 rings (SSSR count). The molecule has 0 aromatic rings. The van der Waals surface area contributed by atoms with Gasteiger partial charge in [0.25, 0.3) is 0 Å². The number of hydrogen-bond donors (Lipinski definition) is 1. The SMILES string of the molecule is CCC(C)(N)CC(C(F)F)C(F)F. The lowest BCUT2D eigenvalue weighted by atomic mass is 9.88. The predicted octanol–water partition coefficient (Wildman–Crippen LogP) is 2.65. The molecule has 5 heteroatoms. The van der Waals surface area contributed by atoms with Crippen LogP contribution < -0.4 is 5.73 Å². The van der Waals surface area contributed by atoms with E-state index in [1.54, 1.807) is 6.92 Å². The third-order valence-corrected chi connectivity index (χ3v) is 2.16. The molecule has 0 bridgehead atoms. The topological polar surface area (TPSA) is 26.0 Å². The van der Waals surface area contributed by atoms with Crippen LogP contribution in [0, 0.1) is 5.92 Å². The molecule has 0 saturated carbocycles. The van der Waals surface area contributed by atoms with Crippen LogP contribution in [0.4, 0.5) is 17.6 Å². The molecule has 1 nitrogen and oxygen atoms in total. The van der Waals surface area contributed by atoms with E-state index >= 15 is 0 Å². The highest BCUT2D eigenvalue weighted by atomic mass is 19.3. The highest BCUT2D eigenvalue weighted by Crippen LogP contribution is 2.27. The van der Waals surface area contributed by atoms with Crippen LogP contribution in [0.2, 0.25) is 0 Å². The molecule has 0 fully saturated rings. The molecule has 2 N–H and O–H groups in total. The summed E-state index contributed by atoms with van der Waals surface area (Å²) in [7, 11) is 0. The predicted molar refractivity (Wildman–Crippen MR) is 43.0 cm³/mol. The first-order chi connectivity index (χ1) is 5.80. The van der Waals surface area contributed by atoms with Crippen molar-refractivity contribution in [1.82, 2.24) is 0 Å². The van der Waals surface area contributed by atoms with Crippen molar-refractivity contribution in [1.29, 1.82) is 0 Å². The molecule has 1 atom stereocenters. The van der Waals surface area contributed by atoms with Gasteiger partial charge in [-0.15, -0.1) is 0 Å². The number of alkyl halides is 4. The average molecular weight is 201 g/mol. The zero-order valence-electron chi connectivity index (χ0n) is 7.74. The van der Waals surface area contributed by atoms with Crippen LogP contribution in [-0.4, -0.2) is 18.4 Å². The van der Waals surface area contributed by atoms with E-state index in [0.29, 0.717) is 6.42 Å². The van der Waals surface area contributed by atoms with Gasteiger partial charge in [0.1, 0.15) is 0 Å². The lowest BCUT2D eigenvalue weighted by Crippen LogP contribution is -2.40. The first-order valence-corrected chi connectivity index (χ1v) is 4.15. The molecule has 0 aliphatic heterocycles. The Labute approximate surface area is 75.3 Å². The van der Waals surface area contributed by atoms with Crippen molar-refractivity contribution in [2.24, 2.45) is 11.7 Å². The van der Waals surface area contributed by atoms with Crippen molar-refractivity contribution in [3.63, 3.8) is 0 Å². The fraction of sp³-hybridized carbons (Fsp3) is 1.00. The average Bonchev–Trinajstić information content (AvgIpc) is 1.99. The fourth-order valence-corrected chi connectivity index (χ4v) is 0.971. The molecule has 0 aromatic heterocycles. The van der Waals surface area contributed by atoms with Gasteiger partial charge in [0.05, 0.1) is 5.92 Å². The molecular formula is C8H15F4N. The molecule has 13 heavy (non-hydrogen) atoms. The van der Waals surface area contributed by atoms with Gasteiger partial charge in [-0.1, -0.05) is 6.92 Å². The minimum absolute atomic E-state index is 0.348. The summed E-state index contributed by atoms with van der Waals surface area (Å²) in [5.74, 6) is -1.91. The summed E-state index contributed by atoms with van der Waals surface area (Å²) in [5, 5.41) is 0. The van der Waals surface area contributed by atoms with Gasteiger partial charge in [0, 0.05) is 5.54 Å². The van der Waals surface area contributed by atoms with Crippen LogP contribution in [0.1, 0.15) is 26.7 Å². The molecule has 0 aliphatic carbocycles. The summed E-state index contributed by atoms with van der Waals surface area (Å²) in [6.45, 7) is 3.19. The number of rotatable bonds is 5. The van der Waals surface area contributed by atoms with E-state index in [-0.39, 0.29) is 6.42 Å². The summed E-state index contributed by atoms with van der Waals surface area (Å²) in [6, 6.07) is 0. The zero-order valence-corrected chi connectivity index (χ0v) is 7.74. The molecule has 1 unspecified atom stereocenters. The van der Waals surface area contributed by atoms with E-state index in [1.165, 1.54) is 6.92 Å². The molecular weight excluding hydrogens is 186 g/mol. The van der Waals surface area contributed by atoms with Crippen LogP contribution in [0.3, 0.4) is 0 Å². The second kappa shape index (κ2) is 4.79. The normalized spacial score (nSPS) is 17.1. The monoisotopic (exact) mass is 201 g/mol. The summed E-state index contributed by atoms with van der Waals surface area (Å²) >= 11 is 0. The van der Waals surface area contributed by atoms with Gasteiger partial charge in [-0.05, 0) is 19.8 Å². The van der Waals surface area contributed by atoms with Crippen molar-refractivity contribution < 1.29 is 17.6 Å². The molecule has 0 amide bonds. The largest absolute Gasteiger partial charge is 0.325 e. The highest BCUT2D eigenvalue weighted by molar-refractivity contribution is 4.82. The Hall–Kier alpha value is -0.320. The smallest absolute Gasteiger partial charge is 0.246 e. The van der Waals surface area contributed by atoms with E-state index in [9.17, 15) is 17.6 Å². The van der Waals surface area contributed by atoms with Crippen LogP contribution in [0.25, 0.3) is 0 Å². The Bertz CT molecular complexity index is 139. The molecule has 0 saturated heterocycles. The van der Waals surface area contributed by atoms with Gasteiger partial charge in [0.2, 0.25) is 12.9 Å². The van der Waals surface area contributed by atoms with Crippen LogP contribution in [0.5, 0.6) is 0 Å². The van der Waals surface area contributed by atoms with Crippen LogP contribution >= 0.6 is 0 Å². The van der Waals surface area contributed by atoms with Gasteiger partial charge in [-0.25, -0.2) is 17.6 Å². The second-order valence-corrected chi connectivity index (χ2v) is 3.54. The lowest BCUT2D eigenvalue weighted by molar-refractivity contribution is -0.0396. The van der Waals surface area contributed by atoms with E-state index in [1.807, 2.05) is 0 Å². The van der Waals surface area contributed by atoms with Crippen molar-refractivity contribution in [3.8, 4) is 0 Å². The Morgan fingerprint density at radius 3 is 1.77 bits per heavy atom. The summed E-state index contributed by atoms with van der Waals surface area (Å²) in [4.78, 5) is 0. The Kier molecular flexibility index (Phi) is 4.67. The van der Waals surface area contributed by atoms with Crippen molar-refractivity contribution in [2.45, 2.75) is 45.1 Å². The minimum atomic E-state index is -3.01. The van der Waals surface area contributed by atoms with Crippen molar-refractivity contribution in [3.05, 3.63) is 0 Å². The third kappa shape index (κ3) is 4.45. The standard InChI is InChI=1S/C8H15F4N/c1-3-8(2,13)4-5(6(9)10)7(11)12/h5-7H,3-4,13H2,1-2H3. The quantitative estimate of drug-likeness (QED) is 0.680. The lowest BCUT2D eigenvalue weighted by Gasteiger charge is -2.27. The minimum Gasteiger partial charge on any atom is -0.325 e. The summed E-state index contributed by atoms with van der Waals surface area (Å²) in [6.07, 6.45) is -5.95. The summed E-state index contributed by atoms with van der Waals surface area (Å²) in [5.41, 5.74) is 4.59.